The fraction of sp³-hybridized carbons (Fsp3) is 0.467. The first-order chi connectivity index (χ1) is 9.17. The van der Waals surface area contributed by atoms with Crippen LogP contribution in [0.25, 0.3) is 0 Å². The second-order valence-electron chi connectivity index (χ2n) is 5.22. The number of piperidine rings is 1. The van der Waals surface area contributed by atoms with Crippen molar-refractivity contribution >= 4 is 11.6 Å². The second kappa shape index (κ2) is 6.35. The Morgan fingerprint density at radius 3 is 3.16 bits per heavy atom. The van der Waals surface area contributed by atoms with E-state index in [0.717, 1.165) is 13.1 Å². The Kier molecular flexibility index (Phi) is 4.53. The quantitative estimate of drug-likeness (QED) is 0.903. The van der Waals surface area contributed by atoms with E-state index < -0.39 is 0 Å². The smallest absolute Gasteiger partial charge is 0.238 e. The lowest BCUT2D eigenvalue weighted by molar-refractivity contribution is -0.117. The van der Waals surface area contributed by atoms with E-state index in [0.29, 0.717) is 23.7 Å². The lowest BCUT2D eigenvalue weighted by atomic mass is 10.0. The van der Waals surface area contributed by atoms with Gasteiger partial charge in [0.15, 0.2) is 0 Å². The zero-order valence-electron chi connectivity index (χ0n) is 11.2. The van der Waals surface area contributed by atoms with Crippen LogP contribution in [0.4, 0.5) is 5.69 Å². The van der Waals surface area contributed by atoms with Gasteiger partial charge in [-0.2, -0.15) is 5.26 Å². The Hall–Kier alpha value is -1.86. The first-order valence-electron chi connectivity index (χ1n) is 6.70. The number of hydrogen-bond acceptors (Lipinski definition) is 3. The molecular formula is C15H19N3O. The van der Waals surface area contributed by atoms with Gasteiger partial charge in [-0.25, -0.2) is 0 Å². The highest BCUT2D eigenvalue weighted by Crippen LogP contribution is 2.15. The van der Waals surface area contributed by atoms with Crippen LogP contribution in [0.15, 0.2) is 24.3 Å². The number of nitrogens with zero attached hydrogens (tertiary/aromatic N) is 2. The molecule has 0 radical (unpaired) electrons. The Bertz CT molecular complexity index is 492. The fourth-order valence-electron chi connectivity index (χ4n) is 2.50. The molecule has 4 nitrogen and oxygen atoms in total. The van der Waals surface area contributed by atoms with Gasteiger partial charge in [-0.05, 0) is 43.5 Å². The molecule has 100 valence electrons. The van der Waals surface area contributed by atoms with Crippen molar-refractivity contribution in [2.75, 3.05) is 25.0 Å². The first kappa shape index (κ1) is 13.6. The van der Waals surface area contributed by atoms with Crippen LogP contribution in [-0.4, -0.2) is 30.4 Å². The van der Waals surface area contributed by atoms with Gasteiger partial charge in [-0.3, -0.25) is 9.69 Å². The third-order valence-electron chi connectivity index (χ3n) is 3.38. The molecule has 1 aromatic rings. The van der Waals surface area contributed by atoms with Crippen LogP contribution in [0.5, 0.6) is 0 Å². The average molecular weight is 257 g/mol. The summed E-state index contributed by atoms with van der Waals surface area (Å²) in [6, 6.07) is 9.06. The summed E-state index contributed by atoms with van der Waals surface area (Å²) < 4.78 is 0. The van der Waals surface area contributed by atoms with Crippen molar-refractivity contribution in [1.82, 2.24) is 4.90 Å². The molecule has 0 unspecified atom stereocenters. The number of nitrogens with one attached hydrogen (secondary N) is 1. The second-order valence-corrected chi connectivity index (χ2v) is 5.22. The Labute approximate surface area is 114 Å². The van der Waals surface area contributed by atoms with Gasteiger partial charge < -0.3 is 5.32 Å². The zero-order chi connectivity index (χ0) is 13.7. The fourth-order valence-corrected chi connectivity index (χ4v) is 2.50. The molecule has 0 spiro atoms. The molecule has 0 bridgehead atoms. The molecule has 2 rings (SSSR count). The Balaban J connectivity index is 1.88. The molecule has 1 atom stereocenters. The van der Waals surface area contributed by atoms with Crippen molar-refractivity contribution in [2.24, 2.45) is 5.92 Å². The standard InChI is InChI=1S/C15H19N3O/c1-12-4-3-7-18(10-12)11-15(19)17-14-6-2-5-13(8-14)9-16/h2,5-6,8,12H,3-4,7,10-11H2,1H3,(H,17,19)/t12-/m1/s1. The van der Waals surface area contributed by atoms with Crippen LogP contribution < -0.4 is 5.32 Å². The number of hydrogen-bond donors (Lipinski definition) is 1. The topological polar surface area (TPSA) is 56.1 Å². The van der Waals surface area contributed by atoms with E-state index >= 15 is 0 Å². The molecule has 19 heavy (non-hydrogen) atoms. The molecule has 1 N–H and O–H groups in total. The van der Waals surface area contributed by atoms with E-state index in [1.807, 2.05) is 0 Å². The van der Waals surface area contributed by atoms with E-state index in [2.05, 4.69) is 23.2 Å². The normalized spacial score (nSPS) is 19.7. The third-order valence-corrected chi connectivity index (χ3v) is 3.38. The van der Waals surface area contributed by atoms with Gasteiger partial charge in [0.1, 0.15) is 0 Å². The average Bonchev–Trinajstić information content (AvgIpc) is 2.38. The van der Waals surface area contributed by atoms with Crippen molar-refractivity contribution in [3.05, 3.63) is 29.8 Å². The van der Waals surface area contributed by atoms with Crippen LogP contribution in [0.1, 0.15) is 25.3 Å². The Morgan fingerprint density at radius 1 is 1.58 bits per heavy atom. The van der Waals surface area contributed by atoms with Gasteiger partial charge in [-0.1, -0.05) is 13.0 Å². The molecule has 0 aliphatic carbocycles. The minimum Gasteiger partial charge on any atom is -0.325 e. The highest BCUT2D eigenvalue weighted by molar-refractivity contribution is 5.92. The summed E-state index contributed by atoms with van der Waals surface area (Å²) in [5.74, 6) is 0.660. The minimum atomic E-state index is -0.0100. The summed E-state index contributed by atoms with van der Waals surface area (Å²) in [5, 5.41) is 11.7. The number of anilines is 1. The van der Waals surface area contributed by atoms with Gasteiger partial charge >= 0.3 is 0 Å². The molecule has 1 saturated heterocycles. The molecule has 4 heteroatoms. The number of nitriles is 1. The maximum absolute atomic E-state index is 12.0. The van der Waals surface area contributed by atoms with Crippen molar-refractivity contribution in [3.63, 3.8) is 0 Å². The molecule has 1 amide bonds. The zero-order valence-corrected chi connectivity index (χ0v) is 11.2. The van der Waals surface area contributed by atoms with E-state index in [9.17, 15) is 4.79 Å². The van der Waals surface area contributed by atoms with Crippen LogP contribution in [0.2, 0.25) is 0 Å². The number of carbonyl (C=O) groups excluding carboxylic acids is 1. The van der Waals surface area contributed by atoms with E-state index in [-0.39, 0.29) is 5.91 Å². The maximum atomic E-state index is 12.0. The molecule has 1 aromatic carbocycles. The summed E-state index contributed by atoms with van der Waals surface area (Å²) in [6.45, 7) is 4.64. The predicted molar refractivity (Wildman–Crippen MR) is 74.6 cm³/mol. The predicted octanol–water partition coefficient (Wildman–Crippen LogP) is 2.23. The van der Waals surface area contributed by atoms with Crippen LogP contribution in [-0.2, 0) is 4.79 Å². The van der Waals surface area contributed by atoms with Crippen LogP contribution in [0.3, 0.4) is 0 Å². The summed E-state index contributed by atoms with van der Waals surface area (Å²) in [6.07, 6.45) is 2.42. The summed E-state index contributed by atoms with van der Waals surface area (Å²) in [4.78, 5) is 14.1. The van der Waals surface area contributed by atoms with Gasteiger partial charge in [0.05, 0.1) is 18.2 Å². The summed E-state index contributed by atoms with van der Waals surface area (Å²) in [7, 11) is 0. The lowest BCUT2D eigenvalue weighted by Gasteiger charge is -2.30. The monoisotopic (exact) mass is 257 g/mol. The van der Waals surface area contributed by atoms with Crippen molar-refractivity contribution in [3.8, 4) is 6.07 Å². The highest BCUT2D eigenvalue weighted by Gasteiger charge is 2.18. The minimum absolute atomic E-state index is 0.0100. The van der Waals surface area contributed by atoms with Crippen molar-refractivity contribution < 1.29 is 4.79 Å². The van der Waals surface area contributed by atoms with Gasteiger partial charge in [0.25, 0.3) is 0 Å². The number of rotatable bonds is 3. The third kappa shape index (κ3) is 4.08. The van der Waals surface area contributed by atoms with Gasteiger partial charge in [0.2, 0.25) is 5.91 Å². The molecule has 0 aromatic heterocycles. The number of carbonyl (C=O) groups is 1. The molecule has 1 heterocycles. The van der Waals surface area contributed by atoms with Crippen molar-refractivity contribution in [2.45, 2.75) is 19.8 Å². The van der Waals surface area contributed by atoms with E-state index in [1.54, 1.807) is 24.3 Å². The van der Waals surface area contributed by atoms with E-state index in [1.165, 1.54) is 12.8 Å². The Morgan fingerprint density at radius 2 is 2.42 bits per heavy atom. The lowest BCUT2D eigenvalue weighted by Crippen LogP contribution is -2.39. The van der Waals surface area contributed by atoms with Gasteiger partial charge in [0, 0.05) is 12.2 Å². The number of amides is 1. The van der Waals surface area contributed by atoms with E-state index in [4.69, 9.17) is 5.26 Å². The van der Waals surface area contributed by atoms with Crippen LogP contribution >= 0.6 is 0 Å². The number of likely N-dealkylation sites (tertiary alicyclic amines) is 1. The molecule has 1 fully saturated rings. The van der Waals surface area contributed by atoms with Gasteiger partial charge in [-0.15, -0.1) is 0 Å². The molecule has 1 aliphatic rings. The van der Waals surface area contributed by atoms with Crippen LogP contribution in [0, 0.1) is 17.2 Å². The maximum Gasteiger partial charge on any atom is 0.238 e. The first-order valence-corrected chi connectivity index (χ1v) is 6.70. The summed E-state index contributed by atoms with van der Waals surface area (Å²) in [5.41, 5.74) is 1.25. The van der Waals surface area contributed by atoms with Crippen molar-refractivity contribution in [1.29, 1.82) is 5.26 Å². The SMILES string of the molecule is C[C@@H]1CCCN(CC(=O)Nc2cccc(C#N)c2)C1. The largest absolute Gasteiger partial charge is 0.325 e. The molecule has 0 saturated carbocycles. The highest BCUT2D eigenvalue weighted by atomic mass is 16.2. The molecule has 1 aliphatic heterocycles. The molecular weight excluding hydrogens is 238 g/mol. The summed E-state index contributed by atoms with van der Waals surface area (Å²) >= 11 is 0. The number of benzene rings is 1.